The van der Waals surface area contributed by atoms with Crippen LogP contribution < -0.4 is 16.0 Å². The average molecular weight is 276 g/mol. The lowest BCUT2D eigenvalue weighted by atomic mass is 10.1. The summed E-state index contributed by atoms with van der Waals surface area (Å²) < 4.78 is 0. The van der Waals surface area contributed by atoms with E-state index in [1.54, 1.807) is 6.92 Å². The van der Waals surface area contributed by atoms with Crippen molar-refractivity contribution in [3.05, 3.63) is 29.8 Å². The summed E-state index contributed by atoms with van der Waals surface area (Å²) in [6, 6.07) is 7.92. The molecule has 1 aliphatic rings. The van der Waals surface area contributed by atoms with E-state index < -0.39 is 6.04 Å². The first kappa shape index (κ1) is 14.8. The Morgan fingerprint density at radius 1 is 1.25 bits per heavy atom. The second-order valence-corrected chi connectivity index (χ2v) is 5.46. The van der Waals surface area contributed by atoms with Crippen molar-refractivity contribution in [2.45, 2.75) is 19.5 Å². The van der Waals surface area contributed by atoms with E-state index in [9.17, 15) is 4.79 Å². The van der Waals surface area contributed by atoms with Gasteiger partial charge in [0.25, 0.3) is 0 Å². The molecule has 0 aliphatic carbocycles. The van der Waals surface area contributed by atoms with Gasteiger partial charge in [-0.05, 0) is 31.7 Å². The van der Waals surface area contributed by atoms with Gasteiger partial charge in [-0.1, -0.05) is 12.1 Å². The van der Waals surface area contributed by atoms with Crippen LogP contribution >= 0.6 is 0 Å². The average Bonchev–Trinajstić information content (AvgIpc) is 2.46. The molecule has 0 aromatic heterocycles. The Hall–Kier alpha value is -1.59. The number of amides is 1. The summed E-state index contributed by atoms with van der Waals surface area (Å²) in [5.74, 6) is -0.117. The highest BCUT2D eigenvalue weighted by Crippen LogP contribution is 2.16. The number of hydrogen-bond donors (Lipinski definition) is 2. The van der Waals surface area contributed by atoms with Crippen LogP contribution in [-0.2, 0) is 11.3 Å². The van der Waals surface area contributed by atoms with Crippen molar-refractivity contribution in [2.75, 3.05) is 38.1 Å². The largest absolute Gasteiger partial charge is 0.369 e. The Bertz CT molecular complexity index is 436. The molecule has 3 N–H and O–H groups in total. The Balaban J connectivity index is 1.88. The van der Waals surface area contributed by atoms with E-state index in [1.165, 1.54) is 5.69 Å². The van der Waals surface area contributed by atoms with Gasteiger partial charge in [0.1, 0.15) is 0 Å². The van der Waals surface area contributed by atoms with Gasteiger partial charge < -0.3 is 20.9 Å². The zero-order chi connectivity index (χ0) is 14.5. The molecule has 0 radical (unpaired) electrons. The van der Waals surface area contributed by atoms with E-state index in [1.807, 2.05) is 0 Å². The number of nitrogens with zero attached hydrogens (tertiary/aromatic N) is 2. The third-order valence-electron chi connectivity index (χ3n) is 3.69. The minimum Gasteiger partial charge on any atom is -0.369 e. The molecule has 1 fully saturated rings. The van der Waals surface area contributed by atoms with Crippen molar-refractivity contribution in [3.63, 3.8) is 0 Å². The van der Waals surface area contributed by atoms with Crippen molar-refractivity contribution in [2.24, 2.45) is 5.73 Å². The third kappa shape index (κ3) is 3.95. The van der Waals surface area contributed by atoms with Gasteiger partial charge in [0.2, 0.25) is 5.91 Å². The Morgan fingerprint density at radius 3 is 2.40 bits per heavy atom. The number of hydrogen-bond acceptors (Lipinski definition) is 4. The molecule has 1 atom stereocenters. The first-order valence-electron chi connectivity index (χ1n) is 7.12. The standard InChI is InChI=1S/C15H24N4O/c1-12(16)15(20)17-11-13-3-5-14(6-4-13)19-9-7-18(2)8-10-19/h3-6,12H,7-11,16H2,1-2H3,(H,17,20). The molecule has 5 heteroatoms. The lowest BCUT2D eigenvalue weighted by molar-refractivity contribution is -0.122. The Labute approximate surface area is 120 Å². The summed E-state index contributed by atoms with van der Waals surface area (Å²) in [5, 5.41) is 2.82. The molecule has 1 heterocycles. The van der Waals surface area contributed by atoms with Crippen LogP contribution in [0.15, 0.2) is 24.3 Å². The van der Waals surface area contributed by atoms with Gasteiger partial charge in [0.15, 0.2) is 0 Å². The summed E-state index contributed by atoms with van der Waals surface area (Å²) in [7, 11) is 2.15. The zero-order valence-corrected chi connectivity index (χ0v) is 12.3. The second-order valence-electron chi connectivity index (χ2n) is 5.46. The number of rotatable bonds is 4. The highest BCUT2D eigenvalue weighted by atomic mass is 16.2. The van der Waals surface area contributed by atoms with Crippen molar-refractivity contribution in [1.29, 1.82) is 0 Å². The lowest BCUT2D eigenvalue weighted by Crippen LogP contribution is -2.44. The number of likely N-dealkylation sites (N-methyl/N-ethyl adjacent to an activating group) is 1. The molecular weight excluding hydrogens is 252 g/mol. The van der Waals surface area contributed by atoms with Crippen LogP contribution in [0.5, 0.6) is 0 Å². The molecule has 0 spiro atoms. The number of nitrogens with one attached hydrogen (secondary N) is 1. The van der Waals surface area contributed by atoms with Crippen LogP contribution in [0.2, 0.25) is 0 Å². The van der Waals surface area contributed by atoms with Crippen LogP contribution in [0.1, 0.15) is 12.5 Å². The molecular formula is C15H24N4O. The molecule has 0 saturated carbocycles. The first-order valence-corrected chi connectivity index (χ1v) is 7.12. The van der Waals surface area contributed by atoms with E-state index in [2.05, 4.69) is 46.4 Å². The Kier molecular flexibility index (Phi) is 4.98. The summed E-state index contributed by atoms with van der Waals surface area (Å²) in [6.07, 6.45) is 0. The second kappa shape index (κ2) is 6.72. The molecule has 1 saturated heterocycles. The van der Waals surface area contributed by atoms with Crippen LogP contribution in [-0.4, -0.2) is 50.1 Å². The van der Waals surface area contributed by atoms with Gasteiger partial charge in [0.05, 0.1) is 6.04 Å². The molecule has 5 nitrogen and oxygen atoms in total. The smallest absolute Gasteiger partial charge is 0.236 e. The molecule has 0 bridgehead atoms. The molecule has 1 amide bonds. The maximum absolute atomic E-state index is 11.4. The maximum atomic E-state index is 11.4. The number of nitrogens with two attached hydrogens (primary N) is 1. The van der Waals surface area contributed by atoms with Gasteiger partial charge in [-0.3, -0.25) is 4.79 Å². The molecule has 110 valence electrons. The quantitative estimate of drug-likeness (QED) is 0.836. The van der Waals surface area contributed by atoms with E-state index in [0.717, 1.165) is 31.7 Å². The lowest BCUT2D eigenvalue weighted by Gasteiger charge is -2.34. The number of anilines is 1. The predicted molar refractivity (Wildman–Crippen MR) is 81.6 cm³/mol. The molecule has 1 aromatic rings. The van der Waals surface area contributed by atoms with Gasteiger partial charge in [0, 0.05) is 38.4 Å². The highest BCUT2D eigenvalue weighted by molar-refractivity contribution is 5.80. The van der Waals surface area contributed by atoms with E-state index in [0.29, 0.717) is 6.54 Å². The third-order valence-corrected chi connectivity index (χ3v) is 3.69. The monoisotopic (exact) mass is 276 g/mol. The molecule has 2 rings (SSSR count). The molecule has 1 unspecified atom stereocenters. The maximum Gasteiger partial charge on any atom is 0.236 e. The van der Waals surface area contributed by atoms with Crippen molar-refractivity contribution in [3.8, 4) is 0 Å². The van der Waals surface area contributed by atoms with Crippen molar-refractivity contribution < 1.29 is 4.79 Å². The number of carbonyl (C=O) groups excluding carboxylic acids is 1. The van der Waals surface area contributed by atoms with Gasteiger partial charge in [-0.25, -0.2) is 0 Å². The van der Waals surface area contributed by atoms with Crippen LogP contribution in [0.3, 0.4) is 0 Å². The molecule has 1 aliphatic heterocycles. The van der Waals surface area contributed by atoms with Gasteiger partial charge in [-0.2, -0.15) is 0 Å². The summed E-state index contributed by atoms with van der Waals surface area (Å²) in [6.45, 7) is 6.56. The van der Waals surface area contributed by atoms with Gasteiger partial charge in [-0.15, -0.1) is 0 Å². The van der Waals surface area contributed by atoms with Crippen molar-refractivity contribution >= 4 is 11.6 Å². The number of benzene rings is 1. The van der Waals surface area contributed by atoms with E-state index in [4.69, 9.17) is 5.73 Å². The fraction of sp³-hybridized carbons (Fsp3) is 0.533. The normalized spacial score (nSPS) is 17.9. The number of carbonyl (C=O) groups is 1. The SMILES string of the molecule is CC(N)C(=O)NCc1ccc(N2CCN(C)CC2)cc1. The number of piperazine rings is 1. The van der Waals surface area contributed by atoms with Crippen LogP contribution in [0.4, 0.5) is 5.69 Å². The summed E-state index contributed by atoms with van der Waals surface area (Å²) in [4.78, 5) is 16.1. The fourth-order valence-electron chi connectivity index (χ4n) is 2.24. The summed E-state index contributed by atoms with van der Waals surface area (Å²) in [5.41, 5.74) is 7.85. The Morgan fingerprint density at radius 2 is 1.85 bits per heavy atom. The summed E-state index contributed by atoms with van der Waals surface area (Å²) >= 11 is 0. The zero-order valence-electron chi connectivity index (χ0n) is 12.3. The predicted octanol–water partition coefficient (Wildman–Crippen LogP) is 0.402. The van der Waals surface area contributed by atoms with E-state index in [-0.39, 0.29) is 5.91 Å². The fourth-order valence-corrected chi connectivity index (χ4v) is 2.24. The highest BCUT2D eigenvalue weighted by Gasteiger charge is 2.14. The molecule has 20 heavy (non-hydrogen) atoms. The van der Waals surface area contributed by atoms with Gasteiger partial charge >= 0.3 is 0 Å². The van der Waals surface area contributed by atoms with Crippen LogP contribution in [0.25, 0.3) is 0 Å². The van der Waals surface area contributed by atoms with E-state index >= 15 is 0 Å². The molecule has 1 aromatic carbocycles. The van der Waals surface area contributed by atoms with Crippen LogP contribution in [0, 0.1) is 0 Å². The van der Waals surface area contributed by atoms with Crippen molar-refractivity contribution in [1.82, 2.24) is 10.2 Å². The first-order chi connectivity index (χ1) is 9.56. The topological polar surface area (TPSA) is 61.6 Å². The minimum atomic E-state index is -0.459. The minimum absolute atomic E-state index is 0.117.